The number of H-pyrrole nitrogens is 1. The van der Waals surface area contributed by atoms with E-state index >= 15 is 0 Å². The average molecular weight is 534 g/mol. The quantitative estimate of drug-likeness (QED) is 0.135. The molecule has 0 saturated carbocycles. The van der Waals surface area contributed by atoms with E-state index in [2.05, 4.69) is 45.7 Å². The largest absolute Gasteiger partial charge is 0.493 e. The van der Waals surface area contributed by atoms with Crippen LogP contribution in [0, 0.1) is 0 Å². The second-order valence-corrected chi connectivity index (χ2v) is 9.49. The van der Waals surface area contributed by atoms with Crippen LogP contribution in [0.15, 0.2) is 66.9 Å². The van der Waals surface area contributed by atoms with Crippen LogP contribution in [0.2, 0.25) is 0 Å². The average Bonchev–Trinajstić information content (AvgIpc) is 3.40. The number of nitrogens with zero attached hydrogens (tertiary/aromatic N) is 1. The molecule has 8 nitrogen and oxygen atoms in total. The first kappa shape index (κ1) is 28.4. The van der Waals surface area contributed by atoms with E-state index in [9.17, 15) is 4.79 Å². The number of likely N-dealkylation sites (tertiary alicyclic amines) is 1. The van der Waals surface area contributed by atoms with Crippen molar-refractivity contribution in [2.24, 2.45) is 0 Å². The molecule has 0 aliphatic carbocycles. The Kier molecular flexibility index (Phi) is 11.0. The third-order valence-electron chi connectivity index (χ3n) is 6.94. The number of rotatable bonds is 14. The number of piperidine rings is 1. The Labute approximate surface area is 230 Å². The first-order chi connectivity index (χ1) is 19.2. The molecule has 0 unspecified atom stereocenters. The Balaban J connectivity index is 1.14. The third kappa shape index (κ3) is 8.45. The molecule has 2 aromatic carbocycles. The van der Waals surface area contributed by atoms with Crippen LogP contribution < -0.4 is 14.8 Å². The van der Waals surface area contributed by atoms with Crippen molar-refractivity contribution in [1.82, 2.24) is 15.2 Å². The Bertz CT molecular complexity index is 1240. The van der Waals surface area contributed by atoms with E-state index in [4.69, 9.17) is 18.9 Å². The smallest absolute Gasteiger partial charge is 0.244 e. The van der Waals surface area contributed by atoms with Crippen molar-refractivity contribution in [3.63, 3.8) is 0 Å². The van der Waals surface area contributed by atoms with Gasteiger partial charge in [0.25, 0.3) is 0 Å². The first-order valence-electron chi connectivity index (χ1n) is 13.5. The Morgan fingerprint density at radius 1 is 1.08 bits per heavy atom. The molecule has 2 N–H and O–H groups in total. The van der Waals surface area contributed by atoms with Crippen LogP contribution in [0.3, 0.4) is 0 Å². The molecule has 208 valence electrons. The summed E-state index contributed by atoms with van der Waals surface area (Å²) in [6.07, 6.45) is 11.5. The standard InChI is InChI=1S/C31H39N3O5/c1-36-19-20-38-23-39-29-12-11-24(21-30(29)37-2)7-3-6-10-31(35)32-15-18-34-16-13-25(14-17-34)27-22-33-28-9-5-4-8-26(27)28/h3-12,21-22,25,33H,13-20,23H2,1-2H3,(H,32,35)/b7-3+,10-6+. The minimum absolute atomic E-state index is 0.0943. The van der Waals surface area contributed by atoms with Gasteiger partial charge in [-0.15, -0.1) is 0 Å². The maximum atomic E-state index is 12.2. The van der Waals surface area contributed by atoms with Crippen LogP contribution in [-0.4, -0.2) is 76.2 Å². The SMILES string of the molecule is COCCOCOc1ccc(/C=C/C=C/C(=O)NCCN2CCC(c3c[nH]c4ccccc34)CC2)cc1OC. The number of para-hydroxylation sites is 1. The van der Waals surface area contributed by atoms with Gasteiger partial charge in [0.05, 0.1) is 20.3 Å². The zero-order valence-electron chi connectivity index (χ0n) is 22.9. The number of ether oxygens (including phenoxy) is 4. The van der Waals surface area contributed by atoms with Crippen molar-refractivity contribution in [3.8, 4) is 11.5 Å². The number of methoxy groups -OCH3 is 2. The summed E-state index contributed by atoms with van der Waals surface area (Å²) in [5, 5.41) is 4.33. The second-order valence-electron chi connectivity index (χ2n) is 9.49. The van der Waals surface area contributed by atoms with Crippen molar-refractivity contribution >= 4 is 22.9 Å². The molecule has 4 rings (SSSR count). The van der Waals surface area contributed by atoms with Gasteiger partial charge in [0.2, 0.25) is 5.91 Å². The fourth-order valence-corrected chi connectivity index (χ4v) is 4.82. The Morgan fingerprint density at radius 2 is 1.92 bits per heavy atom. The van der Waals surface area contributed by atoms with Crippen LogP contribution in [-0.2, 0) is 14.3 Å². The molecule has 3 aromatic rings. The maximum Gasteiger partial charge on any atom is 0.244 e. The molecule has 8 heteroatoms. The molecule has 0 bridgehead atoms. The number of hydrogen-bond acceptors (Lipinski definition) is 6. The van der Waals surface area contributed by atoms with Gasteiger partial charge in [-0.05, 0) is 61.2 Å². The lowest BCUT2D eigenvalue weighted by Crippen LogP contribution is -2.38. The van der Waals surface area contributed by atoms with Gasteiger partial charge in [0.1, 0.15) is 0 Å². The molecule has 0 spiro atoms. The predicted octanol–water partition coefficient (Wildman–Crippen LogP) is 4.74. The summed E-state index contributed by atoms with van der Waals surface area (Å²) in [5.41, 5.74) is 3.58. The van der Waals surface area contributed by atoms with Crippen molar-refractivity contribution in [2.45, 2.75) is 18.8 Å². The first-order valence-corrected chi connectivity index (χ1v) is 13.5. The second kappa shape index (κ2) is 15.1. The van der Waals surface area contributed by atoms with E-state index in [-0.39, 0.29) is 12.7 Å². The van der Waals surface area contributed by atoms with Gasteiger partial charge in [0, 0.05) is 43.4 Å². The molecule has 39 heavy (non-hydrogen) atoms. The highest BCUT2D eigenvalue weighted by molar-refractivity contribution is 5.87. The van der Waals surface area contributed by atoms with Gasteiger partial charge in [0.15, 0.2) is 18.3 Å². The molecule has 0 atom stereocenters. The molecule has 2 heterocycles. The zero-order chi connectivity index (χ0) is 27.3. The molecular weight excluding hydrogens is 494 g/mol. The summed E-state index contributed by atoms with van der Waals surface area (Å²) in [6.45, 7) is 4.70. The van der Waals surface area contributed by atoms with Gasteiger partial charge >= 0.3 is 0 Å². The molecule has 1 amide bonds. The lowest BCUT2D eigenvalue weighted by atomic mass is 9.89. The highest BCUT2D eigenvalue weighted by Crippen LogP contribution is 2.33. The highest BCUT2D eigenvalue weighted by Gasteiger charge is 2.22. The normalized spacial score (nSPS) is 14.9. The van der Waals surface area contributed by atoms with Crippen molar-refractivity contribution in [3.05, 3.63) is 78.0 Å². The summed E-state index contributed by atoms with van der Waals surface area (Å²) >= 11 is 0. The van der Waals surface area contributed by atoms with E-state index in [1.54, 1.807) is 26.4 Å². The topological polar surface area (TPSA) is 85.1 Å². The van der Waals surface area contributed by atoms with Crippen LogP contribution in [0.25, 0.3) is 17.0 Å². The number of aromatic nitrogens is 1. The van der Waals surface area contributed by atoms with Crippen LogP contribution in [0.5, 0.6) is 11.5 Å². The lowest BCUT2D eigenvalue weighted by molar-refractivity contribution is -0.116. The van der Waals surface area contributed by atoms with Gasteiger partial charge in [-0.2, -0.15) is 0 Å². The van der Waals surface area contributed by atoms with E-state index in [1.807, 2.05) is 30.4 Å². The molecule has 1 saturated heterocycles. The van der Waals surface area contributed by atoms with E-state index in [0.29, 0.717) is 37.2 Å². The number of hydrogen-bond donors (Lipinski definition) is 2. The predicted molar refractivity (Wildman–Crippen MR) is 154 cm³/mol. The minimum Gasteiger partial charge on any atom is -0.493 e. The fraction of sp³-hybridized carbons (Fsp3) is 0.387. The Hall–Kier alpha value is -3.59. The van der Waals surface area contributed by atoms with Crippen LogP contribution in [0.4, 0.5) is 0 Å². The summed E-state index contributed by atoms with van der Waals surface area (Å²) < 4.78 is 21.3. The zero-order valence-corrected chi connectivity index (χ0v) is 22.9. The minimum atomic E-state index is -0.0943. The van der Waals surface area contributed by atoms with Crippen LogP contribution in [0.1, 0.15) is 29.9 Å². The third-order valence-corrected chi connectivity index (χ3v) is 6.94. The summed E-state index contributed by atoms with van der Waals surface area (Å²) in [5.74, 6) is 1.71. The molecule has 1 aliphatic rings. The van der Waals surface area contributed by atoms with Crippen molar-refractivity contribution in [1.29, 1.82) is 0 Å². The molecule has 1 fully saturated rings. The van der Waals surface area contributed by atoms with Gasteiger partial charge in [-0.1, -0.05) is 42.5 Å². The fourth-order valence-electron chi connectivity index (χ4n) is 4.82. The molecule has 1 aliphatic heterocycles. The number of fused-ring (bicyclic) bond motifs is 1. The van der Waals surface area contributed by atoms with Crippen LogP contribution >= 0.6 is 0 Å². The molecule has 1 aromatic heterocycles. The summed E-state index contributed by atoms with van der Waals surface area (Å²) in [6, 6.07) is 14.1. The number of nitrogens with one attached hydrogen (secondary N) is 2. The molecule has 0 radical (unpaired) electrons. The maximum absolute atomic E-state index is 12.2. The Morgan fingerprint density at radius 3 is 2.74 bits per heavy atom. The number of benzene rings is 2. The number of allylic oxidation sites excluding steroid dienone is 2. The van der Waals surface area contributed by atoms with Gasteiger partial charge in [-0.3, -0.25) is 4.79 Å². The summed E-state index contributed by atoms with van der Waals surface area (Å²) in [4.78, 5) is 18.1. The highest BCUT2D eigenvalue weighted by atomic mass is 16.7. The van der Waals surface area contributed by atoms with Gasteiger partial charge in [-0.25, -0.2) is 0 Å². The van der Waals surface area contributed by atoms with E-state index in [1.165, 1.54) is 16.5 Å². The summed E-state index contributed by atoms with van der Waals surface area (Å²) in [7, 11) is 3.22. The van der Waals surface area contributed by atoms with Gasteiger partial charge < -0.3 is 34.1 Å². The molecular formula is C31H39N3O5. The number of amides is 1. The van der Waals surface area contributed by atoms with Crippen molar-refractivity contribution < 1.29 is 23.7 Å². The number of aromatic amines is 1. The number of carbonyl (C=O) groups is 1. The number of carbonyl (C=O) groups excluding carboxylic acids is 1. The monoisotopic (exact) mass is 533 g/mol. The van der Waals surface area contributed by atoms with E-state index < -0.39 is 0 Å². The van der Waals surface area contributed by atoms with E-state index in [0.717, 1.165) is 38.0 Å². The van der Waals surface area contributed by atoms with Crippen molar-refractivity contribution in [2.75, 3.05) is 60.4 Å². The lowest BCUT2D eigenvalue weighted by Gasteiger charge is -2.31.